The molecule has 0 heterocycles. The van der Waals surface area contributed by atoms with Gasteiger partial charge in [0, 0.05) is 11.8 Å². The van der Waals surface area contributed by atoms with Gasteiger partial charge >= 0.3 is 0 Å². The van der Waals surface area contributed by atoms with Gasteiger partial charge in [0.2, 0.25) is 0 Å². The minimum Gasteiger partial charge on any atom is -0.299 e. The normalized spacial score (nSPS) is 24.8. The molecule has 0 spiro atoms. The Morgan fingerprint density at radius 1 is 1.25 bits per heavy atom. The van der Waals surface area contributed by atoms with Crippen LogP contribution in [0.25, 0.3) is 0 Å². The van der Waals surface area contributed by atoms with Crippen LogP contribution in [-0.2, 0) is 4.79 Å². The summed E-state index contributed by atoms with van der Waals surface area (Å²) >= 11 is 0. The lowest BCUT2D eigenvalue weighted by atomic mass is 9.78. The van der Waals surface area contributed by atoms with Crippen molar-refractivity contribution >= 4 is 5.78 Å². The summed E-state index contributed by atoms with van der Waals surface area (Å²) in [5.74, 6) is 0.426. The van der Waals surface area contributed by atoms with Gasteiger partial charge in [-0.05, 0) is 25.7 Å². The molecule has 0 aromatic heterocycles. The average Bonchev–Trinajstić information content (AvgIpc) is 1.99. The number of allylic oxidation sites excluding steroid dienone is 1. The molecule has 12 heavy (non-hydrogen) atoms. The van der Waals surface area contributed by atoms with Crippen molar-refractivity contribution in [1.29, 1.82) is 0 Å². The molecule has 0 aromatic rings. The van der Waals surface area contributed by atoms with Gasteiger partial charge in [-0.3, -0.25) is 4.79 Å². The van der Waals surface area contributed by atoms with Gasteiger partial charge in [0.05, 0.1) is 0 Å². The number of Topliss-reactive ketones (excluding diaryl/α,β-unsaturated/α-hetero) is 1. The fraction of sp³-hybridized carbons (Fsp3) is 0.727. The summed E-state index contributed by atoms with van der Waals surface area (Å²) in [6.45, 7) is 8.09. The highest BCUT2D eigenvalue weighted by Gasteiger charge is 2.27. The number of carbonyl (C=O) groups is 1. The van der Waals surface area contributed by atoms with Crippen molar-refractivity contribution in [2.45, 2.75) is 46.0 Å². The maximum absolute atomic E-state index is 11.6. The van der Waals surface area contributed by atoms with Crippen molar-refractivity contribution in [1.82, 2.24) is 0 Å². The summed E-state index contributed by atoms with van der Waals surface area (Å²) in [5.41, 5.74) is 1.21. The van der Waals surface area contributed by atoms with Gasteiger partial charge in [0.25, 0.3) is 0 Å². The van der Waals surface area contributed by atoms with Gasteiger partial charge in [0.1, 0.15) is 5.78 Å². The Morgan fingerprint density at radius 3 is 2.58 bits per heavy atom. The van der Waals surface area contributed by atoms with E-state index in [1.165, 1.54) is 5.57 Å². The van der Waals surface area contributed by atoms with E-state index in [0.717, 1.165) is 32.1 Å². The molecule has 68 valence electrons. The lowest BCUT2D eigenvalue weighted by Crippen LogP contribution is -2.25. The Bertz CT molecular complexity index is 201. The molecule has 0 atom stereocenters. The van der Waals surface area contributed by atoms with E-state index in [1.54, 1.807) is 0 Å². The van der Waals surface area contributed by atoms with Crippen molar-refractivity contribution in [2.75, 3.05) is 0 Å². The molecule has 0 unspecified atom stereocenters. The van der Waals surface area contributed by atoms with E-state index in [-0.39, 0.29) is 5.41 Å². The number of hydrogen-bond donors (Lipinski definition) is 0. The standard InChI is InChI=1S/C11H18O/c1-9-5-4-6-10(12)11(2,3)8-7-9/h1,4-8H2,2-3H3. The molecule has 1 fully saturated rings. The predicted molar refractivity (Wildman–Crippen MR) is 51.0 cm³/mol. The highest BCUT2D eigenvalue weighted by molar-refractivity contribution is 5.84. The van der Waals surface area contributed by atoms with E-state index < -0.39 is 0 Å². The average molecular weight is 166 g/mol. The Labute approximate surface area is 74.9 Å². The Balaban J connectivity index is 2.64. The van der Waals surface area contributed by atoms with E-state index in [2.05, 4.69) is 6.58 Å². The summed E-state index contributed by atoms with van der Waals surface area (Å²) in [5, 5.41) is 0. The smallest absolute Gasteiger partial charge is 0.138 e. The topological polar surface area (TPSA) is 17.1 Å². The molecule has 1 nitrogen and oxygen atoms in total. The molecule has 1 rings (SSSR count). The zero-order chi connectivity index (χ0) is 9.19. The van der Waals surface area contributed by atoms with E-state index in [0.29, 0.717) is 5.78 Å². The van der Waals surface area contributed by atoms with Crippen LogP contribution in [-0.4, -0.2) is 5.78 Å². The lowest BCUT2D eigenvalue weighted by molar-refractivity contribution is -0.127. The third-order valence-corrected chi connectivity index (χ3v) is 2.79. The van der Waals surface area contributed by atoms with E-state index in [9.17, 15) is 4.79 Å². The van der Waals surface area contributed by atoms with Crippen molar-refractivity contribution in [3.8, 4) is 0 Å². The van der Waals surface area contributed by atoms with Crippen LogP contribution in [0.5, 0.6) is 0 Å². The summed E-state index contributed by atoms with van der Waals surface area (Å²) in [6, 6.07) is 0. The second-order valence-corrected chi connectivity index (χ2v) is 4.41. The van der Waals surface area contributed by atoms with Gasteiger partial charge in [0.15, 0.2) is 0 Å². The molecule has 1 heteroatoms. The highest BCUT2D eigenvalue weighted by atomic mass is 16.1. The first kappa shape index (κ1) is 9.50. The zero-order valence-corrected chi connectivity index (χ0v) is 8.15. The van der Waals surface area contributed by atoms with Crippen molar-refractivity contribution in [2.24, 2.45) is 5.41 Å². The first-order valence-electron chi connectivity index (χ1n) is 4.72. The number of rotatable bonds is 0. The van der Waals surface area contributed by atoms with Crippen LogP contribution in [0.3, 0.4) is 0 Å². The number of hydrogen-bond acceptors (Lipinski definition) is 1. The molecule has 0 bridgehead atoms. The molecule has 0 aromatic carbocycles. The molecular weight excluding hydrogens is 148 g/mol. The van der Waals surface area contributed by atoms with Crippen molar-refractivity contribution in [3.05, 3.63) is 12.2 Å². The van der Waals surface area contributed by atoms with Crippen LogP contribution >= 0.6 is 0 Å². The van der Waals surface area contributed by atoms with Crippen LogP contribution in [0.15, 0.2) is 12.2 Å². The first-order valence-corrected chi connectivity index (χ1v) is 4.72. The molecule has 0 radical (unpaired) electrons. The Kier molecular flexibility index (Phi) is 2.71. The monoisotopic (exact) mass is 166 g/mol. The SMILES string of the molecule is C=C1CCCC(=O)C(C)(C)CC1. The van der Waals surface area contributed by atoms with Gasteiger partial charge in [-0.1, -0.05) is 26.0 Å². The van der Waals surface area contributed by atoms with Crippen LogP contribution in [0.4, 0.5) is 0 Å². The second-order valence-electron chi connectivity index (χ2n) is 4.41. The molecule has 0 amide bonds. The third kappa shape index (κ3) is 2.20. The molecule has 0 saturated heterocycles. The van der Waals surface area contributed by atoms with Crippen LogP contribution in [0.2, 0.25) is 0 Å². The van der Waals surface area contributed by atoms with Gasteiger partial charge in [-0.15, -0.1) is 0 Å². The minimum atomic E-state index is -0.108. The van der Waals surface area contributed by atoms with Crippen LogP contribution in [0, 0.1) is 5.41 Å². The Hall–Kier alpha value is -0.590. The van der Waals surface area contributed by atoms with E-state index in [4.69, 9.17) is 0 Å². The van der Waals surface area contributed by atoms with Gasteiger partial charge < -0.3 is 0 Å². The molecule has 0 N–H and O–H groups in total. The van der Waals surface area contributed by atoms with Gasteiger partial charge in [-0.2, -0.15) is 0 Å². The zero-order valence-electron chi connectivity index (χ0n) is 8.15. The fourth-order valence-electron chi connectivity index (χ4n) is 1.59. The number of carbonyl (C=O) groups excluding carboxylic acids is 1. The fourth-order valence-corrected chi connectivity index (χ4v) is 1.59. The van der Waals surface area contributed by atoms with E-state index >= 15 is 0 Å². The number of ketones is 1. The molecule has 1 aliphatic carbocycles. The van der Waals surface area contributed by atoms with Crippen LogP contribution in [0.1, 0.15) is 46.0 Å². The largest absolute Gasteiger partial charge is 0.299 e. The molecular formula is C11H18O. The Morgan fingerprint density at radius 2 is 1.92 bits per heavy atom. The minimum absolute atomic E-state index is 0.108. The van der Waals surface area contributed by atoms with Crippen molar-refractivity contribution < 1.29 is 4.79 Å². The maximum Gasteiger partial charge on any atom is 0.138 e. The molecule has 1 aliphatic rings. The summed E-state index contributed by atoms with van der Waals surface area (Å²) in [4.78, 5) is 11.6. The summed E-state index contributed by atoms with van der Waals surface area (Å²) < 4.78 is 0. The first-order chi connectivity index (χ1) is 5.52. The molecule has 0 aliphatic heterocycles. The summed E-state index contributed by atoms with van der Waals surface area (Å²) in [7, 11) is 0. The van der Waals surface area contributed by atoms with Crippen molar-refractivity contribution in [3.63, 3.8) is 0 Å². The highest BCUT2D eigenvalue weighted by Crippen LogP contribution is 2.31. The van der Waals surface area contributed by atoms with Gasteiger partial charge in [-0.25, -0.2) is 0 Å². The predicted octanol–water partition coefficient (Wildman–Crippen LogP) is 3.10. The van der Waals surface area contributed by atoms with E-state index in [1.807, 2.05) is 13.8 Å². The second kappa shape index (κ2) is 3.42. The van der Waals surface area contributed by atoms with Crippen LogP contribution < -0.4 is 0 Å². The third-order valence-electron chi connectivity index (χ3n) is 2.79. The maximum atomic E-state index is 11.6. The molecule has 1 saturated carbocycles. The quantitative estimate of drug-likeness (QED) is 0.505. The summed E-state index contributed by atoms with van der Waals surface area (Å²) in [6.07, 6.45) is 4.79. The lowest BCUT2D eigenvalue weighted by Gasteiger charge is -2.25.